The van der Waals surface area contributed by atoms with Crippen LogP contribution in [0.15, 0.2) is 41.8 Å². The van der Waals surface area contributed by atoms with Crippen molar-refractivity contribution in [2.45, 2.75) is 25.8 Å². The maximum atomic E-state index is 6.60. The monoisotopic (exact) mass is 231 g/mol. The Labute approximate surface area is 101 Å². The third-order valence-corrected chi connectivity index (χ3v) is 4.31. The van der Waals surface area contributed by atoms with E-state index in [-0.39, 0.29) is 5.54 Å². The fraction of sp³-hybridized carbons (Fsp3) is 0.286. The van der Waals surface area contributed by atoms with Crippen LogP contribution >= 0.6 is 11.3 Å². The van der Waals surface area contributed by atoms with Gasteiger partial charge in [-0.1, -0.05) is 37.3 Å². The molecule has 84 valence electrons. The Kier molecular flexibility index (Phi) is 3.13. The van der Waals surface area contributed by atoms with Crippen LogP contribution < -0.4 is 5.73 Å². The van der Waals surface area contributed by atoms with Gasteiger partial charge in [-0.2, -0.15) is 0 Å². The van der Waals surface area contributed by atoms with Crippen LogP contribution in [-0.2, 0) is 5.54 Å². The third kappa shape index (κ3) is 1.79. The van der Waals surface area contributed by atoms with Crippen LogP contribution in [0.5, 0.6) is 0 Å². The van der Waals surface area contributed by atoms with Crippen LogP contribution in [0.4, 0.5) is 0 Å². The Morgan fingerprint density at radius 2 is 1.88 bits per heavy atom. The van der Waals surface area contributed by atoms with Gasteiger partial charge in [0.15, 0.2) is 0 Å². The highest BCUT2D eigenvalue weighted by Crippen LogP contribution is 2.35. The zero-order valence-corrected chi connectivity index (χ0v) is 10.6. The van der Waals surface area contributed by atoms with E-state index in [2.05, 4.69) is 49.6 Å². The fourth-order valence-electron chi connectivity index (χ4n) is 2.06. The largest absolute Gasteiger partial charge is 0.317 e. The fourth-order valence-corrected chi connectivity index (χ4v) is 3.20. The van der Waals surface area contributed by atoms with Crippen molar-refractivity contribution in [3.63, 3.8) is 0 Å². The molecular weight excluding hydrogens is 214 g/mol. The van der Waals surface area contributed by atoms with E-state index in [1.165, 1.54) is 16.0 Å². The topological polar surface area (TPSA) is 26.0 Å². The molecule has 1 aromatic carbocycles. The minimum absolute atomic E-state index is 0.334. The highest BCUT2D eigenvalue weighted by molar-refractivity contribution is 7.10. The molecule has 2 heteroatoms. The second-order valence-corrected chi connectivity index (χ2v) is 5.04. The Balaban J connectivity index is 2.53. The summed E-state index contributed by atoms with van der Waals surface area (Å²) in [6.45, 7) is 4.28. The van der Waals surface area contributed by atoms with E-state index in [4.69, 9.17) is 5.73 Å². The van der Waals surface area contributed by atoms with Crippen LogP contribution in [0.3, 0.4) is 0 Å². The molecule has 1 unspecified atom stereocenters. The van der Waals surface area contributed by atoms with E-state index in [0.29, 0.717) is 0 Å². The van der Waals surface area contributed by atoms with Gasteiger partial charge in [0.2, 0.25) is 0 Å². The number of nitrogens with two attached hydrogens (primary N) is 1. The molecule has 2 rings (SSSR count). The van der Waals surface area contributed by atoms with E-state index >= 15 is 0 Å². The first-order chi connectivity index (χ1) is 7.68. The predicted molar refractivity (Wildman–Crippen MR) is 70.8 cm³/mol. The van der Waals surface area contributed by atoms with Gasteiger partial charge in [0.25, 0.3) is 0 Å². The summed E-state index contributed by atoms with van der Waals surface area (Å²) in [5.74, 6) is 0. The third-order valence-electron chi connectivity index (χ3n) is 3.11. The van der Waals surface area contributed by atoms with Crippen molar-refractivity contribution >= 4 is 11.3 Å². The molecule has 0 spiro atoms. The average molecular weight is 231 g/mol. The van der Waals surface area contributed by atoms with Crippen molar-refractivity contribution in [3.05, 3.63) is 57.8 Å². The lowest BCUT2D eigenvalue weighted by Gasteiger charge is -2.28. The highest BCUT2D eigenvalue weighted by Gasteiger charge is 2.29. The smallest absolute Gasteiger partial charge is 0.0759 e. The van der Waals surface area contributed by atoms with Gasteiger partial charge >= 0.3 is 0 Å². The molecule has 0 aliphatic carbocycles. The summed E-state index contributed by atoms with van der Waals surface area (Å²) in [4.78, 5) is 1.28. The molecule has 0 saturated heterocycles. The van der Waals surface area contributed by atoms with E-state index in [1.807, 2.05) is 6.07 Å². The quantitative estimate of drug-likeness (QED) is 0.857. The Bertz CT molecular complexity index is 461. The molecule has 1 atom stereocenters. The van der Waals surface area contributed by atoms with E-state index < -0.39 is 0 Å². The average Bonchev–Trinajstić information content (AvgIpc) is 2.76. The summed E-state index contributed by atoms with van der Waals surface area (Å²) >= 11 is 1.75. The SMILES string of the molecule is CCC(N)(c1ccccc1)c1sccc1C. The summed E-state index contributed by atoms with van der Waals surface area (Å²) in [6.07, 6.45) is 0.915. The molecule has 0 aliphatic rings. The second-order valence-electron chi connectivity index (χ2n) is 4.12. The molecule has 0 saturated carbocycles. The number of aryl methyl sites for hydroxylation is 1. The van der Waals surface area contributed by atoms with Gasteiger partial charge in [0, 0.05) is 4.88 Å². The van der Waals surface area contributed by atoms with Crippen LogP contribution in [0, 0.1) is 6.92 Å². The van der Waals surface area contributed by atoms with Crippen molar-refractivity contribution in [3.8, 4) is 0 Å². The summed E-state index contributed by atoms with van der Waals surface area (Å²) < 4.78 is 0. The van der Waals surface area contributed by atoms with Gasteiger partial charge in [0.1, 0.15) is 0 Å². The molecule has 0 bridgehead atoms. The summed E-state index contributed by atoms with van der Waals surface area (Å²) in [5, 5.41) is 2.12. The molecule has 16 heavy (non-hydrogen) atoms. The minimum atomic E-state index is -0.334. The first kappa shape index (κ1) is 11.4. The number of benzene rings is 1. The van der Waals surface area contributed by atoms with Gasteiger partial charge in [0.05, 0.1) is 5.54 Å². The molecule has 1 nitrogen and oxygen atoms in total. The van der Waals surface area contributed by atoms with Crippen molar-refractivity contribution in [2.75, 3.05) is 0 Å². The van der Waals surface area contributed by atoms with Crippen LogP contribution in [0.2, 0.25) is 0 Å². The van der Waals surface area contributed by atoms with Gasteiger partial charge in [-0.05, 0) is 35.9 Å². The molecule has 0 fully saturated rings. The van der Waals surface area contributed by atoms with Crippen LogP contribution in [0.1, 0.15) is 29.3 Å². The highest BCUT2D eigenvalue weighted by atomic mass is 32.1. The van der Waals surface area contributed by atoms with Crippen molar-refractivity contribution in [1.29, 1.82) is 0 Å². The normalized spacial score (nSPS) is 14.7. The van der Waals surface area contributed by atoms with E-state index in [0.717, 1.165) is 6.42 Å². The summed E-state index contributed by atoms with van der Waals surface area (Å²) in [7, 11) is 0. The molecule has 0 radical (unpaired) electrons. The van der Waals surface area contributed by atoms with Gasteiger partial charge in [-0.25, -0.2) is 0 Å². The molecule has 0 amide bonds. The van der Waals surface area contributed by atoms with Crippen molar-refractivity contribution < 1.29 is 0 Å². The molecule has 2 aromatic rings. The lowest BCUT2D eigenvalue weighted by molar-refractivity contribution is 0.527. The van der Waals surface area contributed by atoms with Crippen molar-refractivity contribution in [1.82, 2.24) is 0 Å². The zero-order chi connectivity index (χ0) is 11.6. The number of rotatable bonds is 3. The van der Waals surface area contributed by atoms with Gasteiger partial charge in [-0.15, -0.1) is 11.3 Å². The number of hydrogen-bond acceptors (Lipinski definition) is 2. The molecular formula is C14H17NS. The summed E-state index contributed by atoms with van der Waals surface area (Å²) in [6, 6.07) is 12.5. The Morgan fingerprint density at radius 3 is 2.38 bits per heavy atom. The lowest BCUT2D eigenvalue weighted by atomic mass is 9.85. The van der Waals surface area contributed by atoms with Crippen molar-refractivity contribution in [2.24, 2.45) is 5.73 Å². The van der Waals surface area contributed by atoms with Gasteiger partial charge < -0.3 is 5.73 Å². The van der Waals surface area contributed by atoms with Crippen LogP contribution in [0.25, 0.3) is 0 Å². The number of hydrogen-bond donors (Lipinski definition) is 1. The molecule has 0 aliphatic heterocycles. The predicted octanol–water partition coefficient (Wildman–Crippen LogP) is 3.67. The van der Waals surface area contributed by atoms with Crippen LogP contribution in [-0.4, -0.2) is 0 Å². The minimum Gasteiger partial charge on any atom is -0.317 e. The zero-order valence-electron chi connectivity index (χ0n) is 9.73. The molecule has 2 N–H and O–H groups in total. The second kappa shape index (κ2) is 4.40. The maximum absolute atomic E-state index is 6.60. The van der Waals surface area contributed by atoms with E-state index in [9.17, 15) is 0 Å². The first-order valence-corrected chi connectivity index (χ1v) is 6.45. The summed E-state index contributed by atoms with van der Waals surface area (Å²) in [5.41, 5.74) is 8.75. The molecule has 1 heterocycles. The molecule has 1 aromatic heterocycles. The Morgan fingerprint density at radius 1 is 1.19 bits per heavy atom. The van der Waals surface area contributed by atoms with Gasteiger partial charge in [-0.3, -0.25) is 0 Å². The maximum Gasteiger partial charge on any atom is 0.0759 e. The standard InChI is InChI=1S/C14H17NS/c1-3-14(15,12-7-5-4-6-8-12)13-11(2)9-10-16-13/h4-10H,3,15H2,1-2H3. The first-order valence-electron chi connectivity index (χ1n) is 5.57. The van der Waals surface area contributed by atoms with E-state index in [1.54, 1.807) is 11.3 Å². The number of thiophene rings is 1. The lowest BCUT2D eigenvalue weighted by Crippen LogP contribution is -2.36. The Hall–Kier alpha value is -1.12.